The zero-order valence-corrected chi connectivity index (χ0v) is 27.8. The minimum absolute atomic E-state index is 0.0310. The van der Waals surface area contributed by atoms with E-state index >= 15 is 0 Å². The van der Waals surface area contributed by atoms with Gasteiger partial charge in [-0.15, -0.1) is 0 Å². The number of benzene rings is 4. The Morgan fingerprint density at radius 3 is 2.00 bits per heavy atom. The predicted molar refractivity (Wildman–Crippen MR) is 181 cm³/mol. The SMILES string of the molecule is CCCNC(=O)C(Cc1ccccc1)N(Cc1ccccc1)C(=O)CN(c1ccc(OCC)cc1)S(=O)(=O)c1ccc(Br)cc1. The summed E-state index contributed by atoms with van der Waals surface area (Å²) in [7, 11) is -4.19. The van der Waals surface area contributed by atoms with Crippen LogP contribution in [0.5, 0.6) is 5.75 Å². The number of anilines is 1. The van der Waals surface area contributed by atoms with Gasteiger partial charge in [0.15, 0.2) is 0 Å². The molecule has 1 N–H and O–H groups in total. The van der Waals surface area contributed by atoms with Crippen LogP contribution in [0.4, 0.5) is 5.69 Å². The van der Waals surface area contributed by atoms with Crippen LogP contribution in [-0.2, 0) is 32.6 Å². The third-order valence-corrected chi connectivity index (χ3v) is 9.45. The molecule has 45 heavy (non-hydrogen) atoms. The number of nitrogens with one attached hydrogen (secondary N) is 1. The first-order valence-corrected chi connectivity index (χ1v) is 17.1. The fraction of sp³-hybridized carbons (Fsp3) is 0.257. The van der Waals surface area contributed by atoms with Gasteiger partial charge in [0.2, 0.25) is 11.8 Å². The van der Waals surface area contributed by atoms with E-state index in [1.54, 1.807) is 36.4 Å². The molecule has 1 atom stereocenters. The number of rotatable bonds is 15. The van der Waals surface area contributed by atoms with Gasteiger partial charge in [-0.2, -0.15) is 0 Å². The Balaban J connectivity index is 1.78. The van der Waals surface area contributed by atoms with Crippen molar-refractivity contribution in [1.29, 1.82) is 0 Å². The molecule has 0 aliphatic heterocycles. The number of hydrogen-bond acceptors (Lipinski definition) is 5. The van der Waals surface area contributed by atoms with Crippen LogP contribution in [0.1, 0.15) is 31.4 Å². The number of carbonyl (C=O) groups excluding carboxylic acids is 2. The maximum Gasteiger partial charge on any atom is 0.264 e. The van der Waals surface area contributed by atoms with E-state index in [9.17, 15) is 18.0 Å². The van der Waals surface area contributed by atoms with Crippen LogP contribution in [0.2, 0.25) is 0 Å². The molecule has 0 saturated carbocycles. The molecule has 1 unspecified atom stereocenters. The number of halogens is 1. The highest BCUT2D eigenvalue weighted by Gasteiger charge is 2.34. The largest absolute Gasteiger partial charge is 0.494 e. The molecule has 0 spiro atoms. The van der Waals surface area contributed by atoms with Crippen molar-refractivity contribution in [3.8, 4) is 5.75 Å². The average Bonchev–Trinajstić information content (AvgIpc) is 3.05. The molecule has 0 radical (unpaired) electrons. The van der Waals surface area contributed by atoms with Gasteiger partial charge >= 0.3 is 0 Å². The van der Waals surface area contributed by atoms with Gasteiger partial charge in [0.05, 0.1) is 17.2 Å². The summed E-state index contributed by atoms with van der Waals surface area (Å²) in [6.45, 7) is 4.32. The quantitative estimate of drug-likeness (QED) is 0.160. The molecule has 0 bridgehead atoms. The first kappa shape index (κ1) is 33.7. The Hall–Kier alpha value is -4.15. The Labute approximate surface area is 274 Å². The molecule has 0 heterocycles. The standard InChI is InChI=1S/C35H38BrN3O5S/c1-3-23-37-35(41)33(24-27-11-7-5-8-12-27)38(25-28-13-9-6-10-14-28)34(40)26-39(30-17-19-31(20-18-30)44-4-2)45(42,43)32-21-15-29(36)16-22-32/h5-22,33H,3-4,23-26H2,1-2H3,(H,37,41). The average molecular weight is 693 g/mol. The zero-order valence-electron chi connectivity index (χ0n) is 25.4. The van der Waals surface area contributed by atoms with E-state index in [1.807, 2.05) is 74.5 Å². The highest BCUT2D eigenvalue weighted by molar-refractivity contribution is 9.10. The molecule has 8 nitrogen and oxygen atoms in total. The summed E-state index contributed by atoms with van der Waals surface area (Å²) >= 11 is 3.36. The van der Waals surface area contributed by atoms with Gasteiger partial charge in [0, 0.05) is 24.0 Å². The van der Waals surface area contributed by atoms with Gasteiger partial charge in [0.25, 0.3) is 10.0 Å². The molecular formula is C35H38BrN3O5S. The minimum Gasteiger partial charge on any atom is -0.494 e. The topological polar surface area (TPSA) is 96.0 Å². The van der Waals surface area contributed by atoms with Crippen LogP contribution >= 0.6 is 15.9 Å². The summed E-state index contributed by atoms with van der Waals surface area (Å²) in [6.07, 6.45) is 0.991. The summed E-state index contributed by atoms with van der Waals surface area (Å²) in [5, 5.41) is 2.96. The van der Waals surface area contributed by atoms with Gasteiger partial charge in [-0.1, -0.05) is 83.5 Å². The molecule has 0 saturated heterocycles. The molecule has 0 fully saturated rings. The first-order chi connectivity index (χ1) is 21.7. The fourth-order valence-corrected chi connectivity index (χ4v) is 6.52. The molecule has 2 amide bonds. The molecule has 4 rings (SSSR count). The summed E-state index contributed by atoms with van der Waals surface area (Å²) in [4.78, 5) is 29.7. The van der Waals surface area contributed by atoms with Crippen molar-refractivity contribution in [2.45, 2.75) is 44.2 Å². The van der Waals surface area contributed by atoms with Crippen LogP contribution in [0.25, 0.3) is 0 Å². The molecule has 4 aromatic rings. The van der Waals surface area contributed by atoms with E-state index in [0.717, 1.165) is 26.3 Å². The van der Waals surface area contributed by atoms with E-state index in [0.29, 0.717) is 24.6 Å². The van der Waals surface area contributed by atoms with Crippen molar-refractivity contribution in [2.24, 2.45) is 0 Å². The maximum absolute atomic E-state index is 14.5. The lowest BCUT2D eigenvalue weighted by Gasteiger charge is -2.34. The third kappa shape index (κ3) is 9.18. The molecule has 10 heteroatoms. The summed E-state index contributed by atoms with van der Waals surface area (Å²) in [6, 6.07) is 30.8. The first-order valence-electron chi connectivity index (χ1n) is 14.9. The number of ether oxygens (including phenoxy) is 1. The molecule has 0 aliphatic carbocycles. The van der Waals surface area contributed by atoms with Gasteiger partial charge in [-0.05, 0) is 73.0 Å². The van der Waals surface area contributed by atoms with Gasteiger partial charge in [0.1, 0.15) is 18.3 Å². The molecule has 236 valence electrons. The number of hydrogen-bond donors (Lipinski definition) is 1. The van der Waals surface area contributed by atoms with Crippen molar-refractivity contribution in [3.05, 3.63) is 125 Å². The monoisotopic (exact) mass is 691 g/mol. The van der Waals surface area contributed by atoms with Crippen molar-refractivity contribution in [2.75, 3.05) is 24.0 Å². The highest BCUT2D eigenvalue weighted by Crippen LogP contribution is 2.28. The lowest BCUT2D eigenvalue weighted by atomic mass is 10.0. The summed E-state index contributed by atoms with van der Waals surface area (Å²) in [5.74, 6) is -0.232. The predicted octanol–water partition coefficient (Wildman–Crippen LogP) is 6.21. The number of carbonyl (C=O) groups is 2. The Morgan fingerprint density at radius 2 is 1.42 bits per heavy atom. The van der Waals surface area contributed by atoms with E-state index in [4.69, 9.17) is 4.74 Å². The van der Waals surface area contributed by atoms with Crippen molar-refractivity contribution >= 4 is 43.5 Å². The third-order valence-electron chi connectivity index (χ3n) is 7.13. The summed E-state index contributed by atoms with van der Waals surface area (Å²) in [5.41, 5.74) is 1.99. The highest BCUT2D eigenvalue weighted by atomic mass is 79.9. The Kier molecular flexibility index (Phi) is 12.2. The Bertz CT molecular complexity index is 1630. The smallest absolute Gasteiger partial charge is 0.264 e. The fourth-order valence-electron chi connectivity index (χ4n) is 4.84. The zero-order chi connectivity index (χ0) is 32.2. The second kappa shape index (κ2) is 16.2. The van der Waals surface area contributed by atoms with Crippen LogP contribution < -0.4 is 14.4 Å². The lowest BCUT2D eigenvalue weighted by Crippen LogP contribution is -2.53. The van der Waals surface area contributed by atoms with Crippen molar-refractivity contribution in [3.63, 3.8) is 0 Å². The Morgan fingerprint density at radius 1 is 0.822 bits per heavy atom. The van der Waals surface area contributed by atoms with Crippen LogP contribution in [0.3, 0.4) is 0 Å². The number of nitrogens with zero attached hydrogens (tertiary/aromatic N) is 2. The second-order valence-corrected chi connectivity index (χ2v) is 13.2. The molecule has 0 aromatic heterocycles. The summed E-state index contributed by atoms with van der Waals surface area (Å²) < 4.78 is 35.7. The van der Waals surface area contributed by atoms with Gasteiger partial charge < -0.3 is 15.0 Å². The van der Waals surface area contributed by atoms with E-state index < -0.39 is 28.5 Å². The van der Waals surface area contributed by atoms with Crippen molar-refractivity contribution < 1.29 is 22.7 Å². The van der Waals surface area contributed by atoms with E-state index in [-0.39, 0.29) is 23.8 Å². The van der Waals surface area contributed by atoms with Crippen LogP contribution in [0.15, 0.2) is 119 Å². The second-order valence-electron chi connectivity index (χ2n) is 10.4. The van der Waals surface area contributed by atoms with Crippen LogP contribution in [0, 0.1) is 0 Å². The van der Waals surface area contributed by atoms with Gasteiger partial charge in [-0.25, -0.2) is 8.42 Å². The van der Waals surface area contributed by atoms with Crippen molar-refractivity contribution in [1.82, 2.24) is 10.2 Å². The minimum atomic E-state index is -4.19. The normalized spacial score (nSPS) is 11.8. The van der Waals surface area contributed by atoms with E-state index in [1.165, 1.54) is 17.0 Å². The molecular weight excluding hydrogens is 654 g/mol. The maximum atomic E-state index is 14.5. The van der Waals surface area contributed by atoms with Gasteiger partial charge in [-0.3, -0.25) is 13.9 Å². The number of amides is 2. The molecule has 4 aromatic carbocycles. The van der Waals surface area contributed by atoms with E-state index in [2.05, 4.69) is 21.2 Å². The lowest BCUT2D eigenvalue weighted by molar-refractivity contribution is -0.140. The number of sulfonamides is 1. The van der Waals surface area contributed by atoms with Crippen LogP contribution in [-0.4, -0.2) is 50.9 Å². The molecule has 0 aliphatic rings.